The fourth-order valence-electron chi connectivity index (χ4n) is 3.81. The van der Waals surface area contributed by atoms with E-state index in [4.69, 9.17) is 0 Å². The van der Waals surface area contributed by atoms with E-state index in [-0.39, 0.29) is 18.5 Å². The standard InChI is InChI=1S/C22H17N3O2S/c1-22(16-10-6-8-14-7-2-3-9-15(14)16)20(26)25(21(27)24-22)13-19-23-17-11-4-5-12-18(17)28-19/h2-12H,13H2,1H3,(H,24,27). The SMILES string of the molecule is CC1(c2cccc3ccccc23)NC(=O)N(Cc2nc3ccccc3s2)C1=O. The highest BCUT2D eigenvalue weighted by Gasteiger charge is 2.49. The van der Waals surface area contributed by atoms with Crippen molar-refractivity contribution < 1.29 is 9.59 Å². The van der Waals surface area contributed by atoms with Crippen LogP contribution in [-0.4, -0.2) is 21.8 Å². The van der Waals surface area contributed by atoms with Gasteiger partial charge in [-0.2, -0.15) is 0 Å². The largest absolute Gasteiger partial charge is 0.325 e. The smallest absolute Gasteiger partial charge is 0.319 e. The highest BCUT2D eigenvalue weighted by molar-refractivity contribution is 7.18. The second kappa shape index (κ2) is 6.14. The number of rotatable bonds is 3. The first kappa shape index (κ1) is 16.9. The maximum absolute atomic E-state index is 13.3. The minimum atomic E-state index is -1.10. The highest BCUT2D eigenvalue weighted by Crippen LogP contribution is 2.35. The van der Waals surface area contributed by atoms with Gasteiger partial charge in [0.2, 0.25) is 0 Å². The summed E-state index contributed by atoms with van der Waals surface area (Å²) in [6.45, 7) is 1.94. The summed E-state index contributed by atoms with van der Waals surface area (Å²) in [4.78, 5) is 31.8. The molecule has 0 spiro atoms. The van der Waals surface area contributed by atoms with Gasteiger partial charge in [-0.05, 0) is 35.4 Å². The Kier molecular flexibility index (Phi) is 3.70. The van der Waals surface area contributed by atoms with Gasteiger partial charge in [-0.3, -0.25) is 9.69 Å². The molecule has 138 valence electrons. The minimum Gasteiger partial charge on any atom is -0.319 e. The summed E-state index contributed by atoms with van der Waals surface area (Å²) >= 11 is 1.50. The van der Waals surface area contributed by atoms with E-state index in [9.17, 15) is 9.59 Å². The van der Waals surface area contributed by atoms with Gasteiger partial charge in [0.25, 0.3) is 5.91 Å². The van der Waals surface area contributed by atoms with Crippen molar-refractivity contribution in [3.8, 4) is 0 Å². The number of urea groups is 1. The number of fused-ring (bicyclic) bond motifs is 2. The quantitative estimate of drug-likeness (QED) is 0.530. The molecule has 0 radical (unpaired) electrons. The van der Waals surface area contributed by atoms with Crippen LogP contribution in [-0.2, 0) is 16.9 Å². The fourth-order valence-corrected chi connectivity index (χ4v) is 4.76. The number of amides is 3. The number of para-hydroxylation sites is 1. The summed E-state index contributed by atoms with van der Waals surface area (Å²) in [7, 11) is 0. The summed E-state index contributed by atoms with van der Waals surface area (Å²) < 4.78 is 1.04. The molecule has 4 aromatic rings. The Morgan fingerprint density at radius 3 is 2.61 bits per heavy atom. The van der Waals surface area contributed by atoms with Crippen LogP contribution in [0.25, 0.3) is 21.0 Å². The number of hydrogen-bond acceptors (Lipinski definition) is 4. The van der Waals surface area contributed by atoms with E-state index in [2.05, 4.69) is 10.3 Å². The van der Waals surface area contributed by atoms with Crippen LogP contribution >= 0.6 is 11.3 Å². The summed E-state index contributed by atoms with van der Waals surface area (Å²) in [5.74, 6) is -0.256. The Bertz CT molecular complexity index is 1210. The molecule has 3 amide bonds. The van der Waals surface area contributed by atoms with Crippen molar-refractivity contribution in [1.82, 2.24) is 15.2 Å². The van der Waals surface area contributed by atoms with Crippen LogP contribution in [0.1, 0.15) is 17.5 Å². The molecule has 2 heterocycles. The van der Waals surface area contributed by atoms with Crippen molar-refractivity contribution in [2.45, 2.75) is 19.0 Å². The molecule has 1 aromatic heterocycles. The molecular weight excluding hydrogens is 370 g/mol. The van der Waals surface area contributed by atoms with Crippen molar-refractivity contribution in [2.75, 3.05) is 0 Å². The van der Waals surface area contributed by atoms with Crippen molar-refractivity contribution in [3.63, 3.8) is 0 Å². The van der Waals surface area contributed by atoms with Crippen LogP contribution in [0.3, 0.4) is 0 Å². The first-order chi connectivity index (χ1) is 13.6. The fraction of sp³-hybridized carbons (Fsp3) is 0.136. The molecule has 0 saturated carbocycles. The monoisotopic (exact) mass is 387 g/mol. The van der Waals surface area contributed by atoms with Crippen LogP contribution in [0.2, 0.25) is 0 Å². The van der Waals surface area contributed by atoms with E-state index in [1.165, 1.54) is 16.2 Å². The Morgan fingerprint density at radius 1 is 1.00 bits per heavy atom. The normalized spacial score (nSPS) is 19.5. The van der Waals surface area contributed by atoms with Gasteiger partial charge in [0.15, 0.2) is 0 Å². The van der Waals surface area contributed by atoms with E-state index in [1.54, 1.807) is 6.92 Å². The van der Waals surface area contributed by atoms with Crippen molar-refractivity contribution in [1.29, 1.82) is 0 Å². The number of aromatic nitrogens is 1. The first-order valence-corrected chi connectivity index (χ1v) is 9.85. The molecule has 5 rings (SSSR count). The van der Waals surface area contributed by atoms with Gasteiger partial charge < -0.3 is 5.32 Å². The number of carbonyl (C=O) groups excluding carboxylic acids is 2. The predicted octanol–water partition coefficient (Wildman–Crippen LogP) is 4.42. The molecule has 1 N–H and O–H groups in total. The molecule has 28 heavy (non-hydrogen) atoms. The first-order valence-electron chi connectivity index (χ1n) is 9.03. The Labute approximate surface area is 165 Å². The van der Waals surface area contributed by atoms with E-state index in [0.29, 0.717) is 0 Å². The van der Waals surface area contributed by atoms with Gasteiger partial charge in [0.05, 0.1) is 16.8 Å². The Hall–Kier alpha value is -3.25. The molecule has 5 nitrogen and oxygen atoms in total. The van der Waals surface area contributed by atoms with Gasteiger partial charge in [0, 0.05) is 0 Å². The van der Waals surface area contributed by atoms with Crippen LogP contribution < -0.4 is 5.32 Å². The lowest BCUT2D eigenvalue weighted by Crippen LogP contribution is -2.41. The molecule has 3 aromatic carbocycles. The van der Waals surface area contributed by atoms with Crippen LogP contribution in [0.15, 0.2) is 66.7 Å². The third kappa shape index (κ3) is 2.49. The summed E-state index contributed by atoms with van der Waals surface area (Å²) in [6, 6.07) is 21.1. The summed E-state index contributed by atoms with van der Waals surface area (Å²) in [5, 5.41) is 5.65. The van der Waals surface area contributed by atoms with E-state index in [0.717, 1.165) is 31.6 Å². The molecule has 1 unspecified atom stereocenters. The molecule has 1 aliphatic heterocycles. The predicted molar refractivity (Wildman–Crippen MR) is 110 cm³/mol. The lowest BCUT2D eigenvalue weighted by atomic mass is 9.88. The van der Waals surface area contributed by atoms with Gasteiger partial charge in [0.1, 0.15) is 10.5 Å². The second-order valence-electron chi connectivity index (χ2n) is 7.05. The molecule has 1 aliphatic rings. The third-order valence-corrected chi connectivity index (χ3v) is 6.26. The molecule has 1 fully saturated rings. The maximum Gasteiger partial charge on any atom is 0.325 e. The zero-order valence-electron chi connectivity index (χ0n) is 15.2. The minimum absolute atomic E-state index is 0.171. The van der Waals surface area contributed by atoms with Crippen LogP contribution in [0, 0.1) is 0 Å². The lowest BCUT2D eigenvalue weighted by molar-refractivity contribution is -0.131. The van der Waals surface area contributed by atoms with E-state index >= 15 is 0 Å². The topological polar surface area (TPSA) is 62.3 Å². The maximum atomic E-state index is 13.3. The lowest BCUT2D eigenvalue weighted by Gasteiger charge is -2.24. The Balaban J connectivity index is 1.52. The van der Waals surface area contributed by atoms with Crippen molar-refractivity contribution in [3.05, 3.63) is 77.3 Å². The van der Waals surface area contributed by atoms with Gasteiger partial charge in [-0.15, -0.1) is 11.3 Å². The van der Waals surface area contributed by atoms with E-state index < -0.39 is 5.54 Å². The average Bonchev–Trinajstić information content (AvgIpc) is 3.22. The zero-order valence-corrected chi connectivity index (χ0v) is 16.0. The molecular formula is C22H17N3O2S. The Morgan fingerprint density at radius 2 is 1.75 bits per heavy atom. The second-order valence-corrected chi connectivity index (χ2v) is 8.16. The number of hydrogen-bond donors (Lipinski definition) is 1. The average molecular weight is 387 g/mol. The summed E-state index contributed by atoms with van der Waals surface area (Å²) in [5.41, 5.74) is 0.580. The van der Waals surface area contributed by atoms with E-state index in [1.807, 2.05) is 66.7 Å². The highest BCUT2D eigenvalue weighted by atomic mass is 32.1. The molecule has 1 saturated heterocycles. The number of benzene rings is 3. The van der Waals surface area contributed by atoms with Gasteiger partial charge in [-0.25, -0.2) is 9.78 Å². The van der Waals surface area contributed by atoms with Crippen molar-refractivity contribution >= 4 is 44.3 Å². The number of thiazole rings is 1. The van der Waals surface area contributed by atoms with Gasteiger partial charge >= 0.3 is 6.03 Å². The number of imide groups is 1. The van der Waals surface area contributed by atoms with Crippen LogP contribution in [0.4, 0.5) is 4.79 Å². The molecule has 1 atom stereocenters. The molecule has 0 aliphatic carbocycles. The number of nitrogens with one attached hydrogen (secondary N) is 1. The zero-order chi connectivity index (χ0) is 19.3. The van der Waals surface area contributed by atoms with Gasteiger partial charge in [-0.1, -0.05) is 54.6 Å². The summed E-state index contributed by atoms with van der Waals surface area (Å²) in [6.07, 6.45) is 0. The number of nitrogens with zero attached hydrogens (tertiary/aromatic N) is 2. The molecule has 6 heteroatoms. The number of carbonyl (C=O) groups is 2. The third-order valence-electron chi connectivity index (χ3n) is 5.23. The molecule has 0 bridgehead atoms. The van der Waals surface area contributed by atoms with Crippen LogP contribution in [0.5, 0.6) is 0 Å². The van der Waals surface area contributed by atoms with Crippen molar-refractivity contribution in [2.24, 2.45) is 0 Å².